The minimum atomic E-state index is -2.03. The number of pyridine rings is 1. The van der Waals surface area contributed by atoms with E-state index in [-0.39, 0.29) is 0 Å². The van der Waals surface area contributed by atoms with Gasteiger partial charge in [-0.3, -0.25) is 0 Å². The van der Waals surface area contributed by atoms with Crippen molar-refractivity contribution in [2.45, 2.75) is 12.8 Å². The Morgan fingerprint density at radius 2 is 2.18 bits per heavy atom. The summed E-state index contributed by atoms with van der Waals surface area (Å²) < 4.78 is 0. The first-order valence-corrected chi connectivity index (χ1v) is 3.16. The smallest absolute Gasteiger partial charge is 0.263 e. The van der Waals surface area contributed by atoms with Crippen LogP contribution in [0.25, 0.3) is 0 Å². The van der Waals surface area contributed by atoms with Crippen molar-refractivity contribution in [3.05, 3.63) is 24.4 Å². The standard InChI is InChI=1S/C7H9N2O2/c1-7(10,11)9-6-4-2-3-5-8-6/h2-5,10-11H,1H3. The summed E-state index contributed by atoms with van der Waals surface area (Å²) >= 11 is 0. The summed E-state index contributed by atoms with van der Waals surface area (Å²) in [5.74, 6) is -1.73. The lowest BCUT2D eigenvalue weighted by Crippen LogP contribution is -2.32. The highest BCUT2D eigenvalue weighted by molar-refractivity contribution is 5.24. The molecule has 0 aliphatic rings. The largest absolute Gasteiger partial charge is 0.348 e. The zero-order chi connectivity index (χ0) is 8.32. The lowest BCUT2D eigenvalue weighted by molar-refractivity contribution is -0.162. The molecule has 0 amide bonds. The van der Waals surface area contributed by atoms with Crippen LogP contribution in [0, 0.1) is 0 Å². The lowest BCUT2D eigenvalue weighted by Gasteiger charge is -2.13. The van der Waals surface area contributed by atoms with Gasteiger partial charge < -0.3 is 10.2 Å². The van der Waals surface area contributed by atoms with Crippen molar-refractivity contribution in [2.24, 2.45) is 0 Å². The minimum absolute atomic E-state index is 0.306. The monoisotopic (exact) mass is 153 g/mol. The predicted molar refractivity (Wildman–Crippen MR) is 38.9 cm³/mol. The van der Waals surface area contributed by atoms with Crippen LogP contribution in [0.4, 0.5) is 5.82 Å². The van der Waals surface area contributed by atoms with Crippen LogP contribution in [-0.4, -0.2) is 21.1 Å². The Morgan fingerprint density at radius 1 is 1.45 bits per heavy atom. The fourth-order valence-electron chi connectivity index (χ4n) is 0.637. The Morgan fingerprint density at radius 3 is 2.64 bits per heavy atom. The summed E-state index contributed by atoms with van der Waals surface area (Å²) in [6, 6.07) is 5.04. The molecule has 0 aliphatic carbocycles. The van der Waals surface area contributed by atoms with Crippen molar-refractivity contribution in [3.63, 3.8) is 0 Å². The van der Waals surface area contributed by atoms with Crippen molar-refractivity contribution < 1.29 is 10.2 Å². The second-order valence-electron chi connectivity index (χ2n) is 2.27. The Kier molecular flexibility index (Phi) is 2.07. The van der Waals surface area contributed by atoms with Gasteiger partial charge in [-0.1, -0.05) is 6.07 Å². The van der Waals surface area contributed by atoms with Crippen LogP contribution in [0.1, 0.15) is 6.92 Å². The van der Waals surface area contributed by atoms with Crippen molar-refractivity contribution in [1.82, 2.24) is 10.3 Å². The molecule has 1 aromatic heterocycles. The Hall–Kier alpha value is -1.13. The van der Waals surface area contributed by atoms with E-state index in [1.54, 1.807) is 18.2 Å². The molecule has 0 saturated heterocycles. The van der Waals surface area contributed by atoms with E-state index in [4.69, 9.17) is 10.2 Å². The molecule has 0 bridgehead atoms. The van der Waals surface area contributed by atoms with Crippen LogP contribution < -0.4 is 5.32 Å². The van der Waals surface area contributed by atoms with E-state index < -0.39 is 5.91 Å². The maximum atomic E-state index is 8.82. The summed E-state index contributed by atoms with van der Waals surface area (Å²) in [7, 11) is 0. The van der Waals surface area contributed by atoms with E-state index in [9.17, 15) is 0 Å². The predicted octanol–water partition coefficient (Wildman–Crippen LogP) is -0.0242. The van der Waals surface area contributed by atoms with Crippen molar-refractivity contribution >= 4 is 5.82 Å². The van der Waals surface area contributed by atoms with Crippen LogP contribution in [-0.2, 0) is 0 Å². The highest BCUT2D eigenvalue weighted by Crippen LogP contribution is 2.06. The van der Waals surface area contributed by atoms with Gasteiger partial charge >= 0.3 is 0 Å². The van der Waals surface area contributed by atoms with Gasteiger partial charge in [0, 0.05) is 13.1 Å². The quantitative estimate of drug-likeness (QED) is 0.586. The molecule has 1 heterocycles. The molecule has 1 rings (SSSR count). The molecule has 0 aromatic carbocycles. The molecule has 1 radical (unpaired) electrons. The van der Waals surface area contributed by atoms with Gasteiger partial charge in [-0.15, -0.1) is 0 Å². The molecule has 0 saturated carbocycles. The maximum Gasteiger partial charge on any atom is 0.263 e. The molecule has 2 N–H and O–H groups in total. The molecular formula is C7H9N2O2. The first kappa shape index (κ1) is 7.97. The fraction of sp³-hybridized carbons (Fsp3) is 0.286. The van der Waals surface area contributed by atoms with Crippen molar-refractivity contribution in [1.29, 1.82) is 0 Å². The van der Waals surface area contributed by atoms with Gasteiger partial charge in [0.15, 0.2) is 5.82 Å². The Bertz CT molecular complexity index is 218. The third-order valence-corrected chi connectivity index (χ3v) is 0.976. The Balaban J connectivity index is 2.66. The van der Waals surface area contributed by atoms with Gasteiger partial charge in [-0.25, -0.2) is 10.3 Å². The first-order chi connectivity index (χ1) is 5.08. The van der Waals surface area contributed by atoms with E-state index in [1.165, 1.54) is 13.1 Å². The number of hydrogen-bond acceptors (Lipinski definition) is 3. The number of hydrogen-bond donors (Lipinski definition) is 2. The van der Waals surface area contributed by atoms with Crippen LogP contribution in [0.5, 0.6) is 0 Å². The maximum absolute atomic E-state index is 8.82. The van der Waals surface area contributed by atoms with Crippen molar-refractivity contribution in [3.8, 4) is 0 Å². The zero-order valence-electron chi connectivity index (χ0n) is 6.10. The van der Waals surface area contributed by atoms with E-state index in [2.05, 4.69) is 10.3 Å². The van der Waals surface area contributed by atoms with E-state index >= 15 is 0 Å². The summed E-state index contributed by atoms with van der Waals surface area (Å²) in [5, 5.41) is 21.1. The van der Waals surface area contributed by atoms with E-state index in [0.717, 1.165) is 0 Å². The molecule has 59 valence electrons. The number of aromatic nitrogens is 1. The number of rotatable bonds is 2. The summed E-state index contributed by atoms with van der Waals surface area (Å²) in [6.45, 7) is 1.17. The number of aliphatic hydroxyl groups is 2. The SMILES string of the molecule is CC(O)(O)[N]c1ccccn1. The highest BCUT2D eigenvalue weighted by Gasteiger charge is 2.16. The normalized spacial score (nSPS) is 11.2. The van der Waals surface area contributed by atoms with Gasteiger partial charge in [-0.2, -0.15) is 0 Å². The third kappa shape index (κ3) is 2.97. The topological polar surface area (TPSA) is 67.5 Å². The molecule has 0 aliphatic heterocycles. The summed E-state index contributed by atoms with van der Waals surface area (Å²) in [6.07, 6.45) is 1.53. The van der Waals surface area contributed by atoms with Gasteiger partial charge in [-0.05, 0) is 12.1 Å². The van der Waals surface area contributed by atoms with Crippen LogP contribution >= 0.6 is 0 Å². The molecule has 11 heavy (non-hydrogen) atoms. The second kappa shape index (κ2) is 2.86. The van der Waals surface area contributed by atoms with E-state index in [0.29, 0.717) is 5.82 Å². The molecule has 4 nitrogen and oxygen atoms in total. The van der Waals surface area contributed by atoms with Gasteiger partial charge in [0.1, 0.15) is 0 Å². The lowest BCUT2D eigenvalue weighted by atomic mass is 10.4. The number of nitrogens with zero attached hydrogens (tertiary/aromatic N) is 2. The molecule has 4 heteroatoms. The van der Waals surface area contributed by atoms with Gasteiger partial charge in [0.2, 0.25) is 0 Å². The molecule has 1 aromatic rings. The van der Waals surface area contributed by atoms with Gasteiger partial charge in [0.05, 0.1) is 0 Å². The molecule has 0 spiro atoms. The van der Waals surface area contributed by atoms with E-state index in [1.807, 2.05) is 0 Å². The third-order valence-electron chi connectivity index (χ3n) is 0.976. The molecule has 0 fully saturated rings. The van der Waals surface area contributed by atoms with Gasteiger partial charge in [0.25, 0.3) is 5.91 Å². The molecule has 0 atom stereocenters. The average molecular weight is 153 g/mol. The van der Waals surface area contributed by atoms with Crippen molar-refractivity contribution in [2.75, 3.05) is 0 Å². The molecule has 0 unspecified atom stereocenters. The van der Waals surface area contributed by atoms with Crippen LogP contribution in [0.15, 0.2) is 24.4 Å². The zero-order valence-corrected chi connectivity index (χ0v) is 6.10. The van der Waals surface area contributed by atoms with Crippen LogP contribution in [0.2, 0.25) is 0 Å². The summed E-state index contributed by atoms with van der Waals surface area (Å²) in [5.41, 5.74) is 0. The minimum Gasteiger partial charge on any atom is -0.348 e. The Labute approximate surface area is 64.5 Å². The fourth-order valence-corrected chi connectivity index (χ4v) is 0.637. The first-order valence-electron chi connectivity index (χ1n) is 3.16. The van der Waals surface area contributed by atoms with Crippen LogP contribution in [0.3, 0.4) is 0 Å². The molecular weight excluding hydrogens is 144 g/mol. The second-order valence-corrected chi connectivity index (χ2v) is 2.27. The highest BCUT2D eigenvalue weighted by atomic mass is 16.5. The average Bonchev–Trinajstić information content (AvgIpc) is 1.85. The summed E-state index contributed by atoms with van der Waals surface area (Å²) in [4.78, 5) is 3.78.